The number of hydrogen-bond donors (Lipinski definition) is 1. The molecule has 0 fully saturated rings. The SMILES string of the molecule is Cc1ccc(S(=O)(=O)NC(c2ccc(Cl)cc2)C(Cl)(Cl)[N+](=O)[O-])cc1. The molecule has 10 heteroatoms. The highest BCUT2D eigenvalue weighted by Crippen LogP contribution is 2.38. The van der Waals surface area contributed by atoms with Crippen molar-refractivity contribution in [3.05, 3.63) is 74.8 Å². The van der Waals surface area contributed by atoms with Crippen LogP contribution in [0, 0.1) is 17.0 Å². The van der Waals surface area contributed by atoms with Crippen LogP contribution in [-0.2, 0) is 10.0 Å². The van der Waals surface area contributed by atoms with Gasteiger partial charge in [-0.05, 0) is 60.0 Å². The van der Waals surface area contributed by atoms with Crippen LogP contribution in [0.25, 0.3) is 0 Å². The Morgan fingerprint density at radius 2 is 1.60 bits per heavy atom. The summed E-state index contributed by atoms with van der Waals surface area (Å²) in [5.41, 5.74) is 1.06. The Morgan fingerprint density at radius 3 is 2.08 bits per heavy atom. The summed E-state index contributed by atoms with van der Waals surface area (Å²) in [6.07, 6.45) is 0. The zero-order chi connectivity index (χ0) is 18.8. The van der Waals surface area contributed by atoms with E-state index in [2.05, 4.69) is 4.72 Å². The molecule has 0 spiro atoms. The number of alkyl halides is 2. The van der Waals surface area contributed by atoms with Gasteiger partial charge in [0.2, 0.25) is 10.0 Å². The Balaban J connectivity index is 2.47. The molecule has 0 amide bonds. The predicted octanol–water partition coefficient (Wildman–Crippen LogP) is 4.08. The van der Waals surface area contributed by atoms with Crippen molar-refractivity contribution in [3.8, 4) is 0 Å². The third-order valence-electron chi connectivity index (χ3n) is 3.40. The second-order valence-corrected chi connectivity index (χ2v) is 8.76. The lowest BCUT2D eigenvalue weighted by Gasteiger charge is -2.24. The molecule has 0 aliphatic heterocycles. The van der Waals surface area contributed by atoms with Crippen LogP contribution in [0.2, 0.25) is 5.02 Å². The minimum absolute atomic E-state index is 0.0652. The first-order chi connectivity index (χ1) is 11.5. The van der Waals surface area contributed by atoms with Crippen LogP contribution in [0.5, 0.6) is 0 Å². The number of rotatable bonds is 6. The van der Waals surface area contributed by atoms with Crippen molar-refractivity contribution in [2.75, 3.05) is 0 Å². The van der Waals surface area contributed by atoms with Gasteiger partial charge in [-0.25, -0.2) is 8.42 Å². The highest BCUT2D eigenvalue weighted by molar-refractivity contribution is 7.89. The number of aryl methyl sites for hydroxylation is 1. The molecular formula is C15H13Cl3N2O4S. The van der Waals surface area contributed by atoms with Crippen LogP contribution in [0.1, 0.15) is 17.2 Å². The predicted molar refractivity (Wildman–Crippen MR) is 97.1 cm³/mol. The molecule has 6 nitrogen and oxygen atoms in total. The Morgan fingerprint density at radius 1 is 1.08 bits per heavy atom. The second-order valence-electron chi connectivity index (χ2n) is 5.26. The lowest BCUT2D eigenvalue weighted by Crippen LogP contribution is -2.43. The Bertz CT molecular complexity index is 869. The van der Waals surface area contributed by atoms with Crippen LogP contribution in [-0.4, -0.2) is 17.8 Å². The normalized spacial score (nSPS) is 13.4. The minimum atomic E-state index is -4.11. The van der Waals surface area contributed by atoms with E-state index >= 15 is 0 Å². The molecule has 134 valence electrons. The topological polar surface area (TPSA) is 89.3 Å². The van der Waals surface area contributed by atoms with Gasteiger partial charge in [0.15, 0.2) is 0 Å². The molecule has 2 aromatic rings. The molecule has 25 heavy (non-hydrogen) atoms. The maximum absolute atomic E-state index is 12.6. The van der Waals surface area contributed by atoms with Gasteiger partial charge in [0.25, 0.3) is 0 Å². The molecule has 1 atom stereocenters. The average molecular weight is 424 g/mol. The number of benzene rings is 2. The third-order valence-corrected chi connectivity index (χ3v) is 5.80. The van der Waals surface area contributed by atoms with Gasteiger partial charge in [0.05, 0.1) is 9.82 Å². The van der Waals surface area contributed by atoms with Crippen molar-refractivity contribution in [3.63, 3.8) is 0 Å². The molecule has 0 saturated heterocycles. The van der Waals surface area contributed by atoms with E-state index in [9.17, 15) is 18.5 Å². The van der Waals surface area contributed by atoms with E-state index in [0.717, 1.165) is 5.56 Å². The van der Waals surface area contributed by atoms with E-state index in [1.165, 1.54) is 36.4 Å². The van der Waals surface area contributed by atoms with Gasteiger partial charge in [-0.15, -0.1) is 0 Å². The lowest BCUT2D eigenvalue weighted by molar-refractivity contribution is -0.520. The summed E-state index contributed by atoms with van der Waals surface area (Å²) < 4.78 is 24.8. The van der Waals surface area contributed by atoms with Gasteiger partial charge in [0.1, 0.15) is 6.04 Å². The quantitative estimate of drug-likeness (QED) is 0.328. The first kappa shape index (κ1) is 19.9. The summed E-state index contributed by atoms with van der Waals surface area (Å²) in [5.74, 6) is 0. The first-order valence-corrected chi connectivity index (χ1v) is 9.52. The van der Waals surface area contributed by atoms with Crippen molar-refractivity contribution >= 4 is 44.8 Å². The van der Waals surface area contributed by atoms with E-state index in [1.807, 2.05) is 0 Å². The zero-order valence-corrected chi connectivity index (χ0v) is 15.9. The number of halogens is 3. The summed E-state index contributed by atoms with van der Waals surface area (Å²) in [4.78, 5) is 10.2. The largest absolute Gasteiger partial charge is 0.390 e. The number of sulfonamides is 1. The third kappa shape index (κ3) is 4.62. The van der Waals surface area contributed by atoms with Gasteiger partial charge < -0.3 is 0 Å². The molecule has 0 aliphatic carbocycles. The van der Waals surface area contributed by atoms with E-state index in [4.69, 9.17) is 34.8 Å². The van der Waals surface area contributed by atoms with Gasteiger partial charge in [-0.3, -0.25) is 10.1 Å². The zero-order valence-electron chi connectivity index (χ0n) is 12.8. The Kier molecular flexibility index (Phi) is 5.96. The molecule has 2 rings (SSSR count). The minimum Gasteiger partial charge on any atom is -0.261 e. The molecule has 0 aromatic heterocycles. The van der Waals surface area contributed by atoms with Gasteiger partial charge in [-0.1, -0.05) is 41.4 Å². The van der Waals surface area contributed by atoms with E-state index in [-0.39, 0.29) is 10.5 Å². The van der Waals surface area contributed by atoms with Gasteiger partial charge in [-0.2, -0.15) is 4.72 Å². The monoisotopic (exact) mass is 422 g/mol. The highest BCUT2D eigenvalue weighted by Gasteiger charge is 2.50. The first-order valence-electron chi connectivity index (χ1n) is 6.91. The molecule has 1 unspecified atom stereocenters. The van der Waals surface area contributed by atoms with Crippen LogP contribution < -0.4 is 4.72 Å². The smallest absolute Gasteiger partial charge is 0.261 e. The molecule has 2 aromatic carbocycles. The number of nitrogens with one attached hydrogen (secondary N) is 1. The summed E-state index contributed by atoms with van der Waals surface area (Å²) >= 11 is 17.5. The van der Waals surface area contributed by atoms with Crippen molar-refractivity contribution in [2.24, 2.45) is 0 Å². The molecule has 1 N–H and O–H groups in total. The summed E-state index contributed by atoms with van der Waals surface area (Å²) in [6, 6.07) is 10.2. The molecular weight excluding hydrogens is 411 g/mol. The number of hydrogen-bond acceptors (Lipinski definition) is 4. The van der Waals surface area contributed by atoms with Crippen LogP contribution >= 0.6 is 34.8 Å². The lowest BCUT2D eigenvalue weighted by atomic mass is 10.1. The van der Waals surface area contributed by atoms with E-state index in [1.54, 1.807) is 19.1 Å². The summed E-state index contributed by atoms with van der Waals surface area (Å²) in [5, 5.41) is 11.6. The summed E-state index contributed by atoms with van der Waals surface area (Å²) in [7, 11) is -4.11. The fourth-order valence-electron chi connectivity index (χ4n) is 2.04. The molecule has 0 saturated carbocycles. The highest BCUT2D eigenvalue weighted by atomic mass is 35.5. The van der Waals surface area contributed by atoms with Gasteiger partial charge >= 0.3 is 4.46 Å². The van der Waals surface area contributed by atoms with Crippen LogP contribution in [0.15, 0.2) is 53.4 Å². The van der Waals surface area contributed by atoms with Crippen molar-refractivity contribution in [1.82, 2.24) is 4.72 Å². The number of nitrogens with zero attached hydrogens (tertiary/aromatic N) is 1. The maximum atomic E-state index is 12.6. The van der Waals surface area contributed by atoms with Crippen LogP contribution in [0.3, 0.4) is 0 Å². The molecule has 0 heterocycles. The summed E-state index contributed by atoms with van der Waals surface area (Å²) in [6.45, 7) is 1.80. The molecule has 0 bridgehead atoms. The number of nitro groups is 1. The fourth-order valence-corrected chi connectivity index (χ4v) is 3.90. The Hall–Kier alpha value is -1.38. The van der Waals surface area contributed by atoms with Crippen molar-refractivity contribution in [1.29, 1.82) is 0 Å². The van der Waals surface area contributed by atoms with E-state index in [0.29, 0.717) is 5.02 Å². The maximum Gasteiger partial charge on any atom is 0.390 e. The van der Waals surface area contributed by atoms with Gasteiger partial charge in [0, 0.05) is 5.02 Å². The Labute approximate surface area is 159 Å². The molecule has 0 aliphatic rings. The average Bonchev–Trinajstić information content (AvgIpc) is 2.54. The fraction of sp³-hybridized carbons (Fsp3) is 0.200. The standard InChI is InChI=1S/C15H13Cl3N2O4S/c1-10-2-8-13(9-3-10)25(23,24)19-14(15(17,18)20(21)22)11-4-6-12(16)7-5-11/h2-9,14,19H,1H3. The molecule has 0 radical (unpaired) electrons. The van der Waals surface area contributed by atoms with E-state index < -0.39 is 25.4 Å². The second kappa shape index (κ2) is 7.47. The van der Waals surface area contributed by atoms with Crippen LogP contribution in [0.4, 0.5) is 0 Å². The van der Waals surface area contributed by atoms with Crippen molar-refractivity contribution < 1.29 is 13.3 Å². The van der Waals surface area contributed by atoms with Crippen molar-refractivity contribution in [2.45, 2.75) is 22.3 Å².